The number of carbonyl (C=O) groups excluding carboxylic acids is 1. The minimum atomic E-state index is -4.83. The van der Waals surface area contributed by atoms with E-state index in [0.29, 0.717) is 18.1 Å². The van der Waals surface area contributed by atoms with E-state index in [-0.39, 0.29) is 35.5 Å². The van der Waals surface area contributed by atoms with Gasteiger partial charge in [0.15, 0.2) is 5.82 Å². The summed E-state index contributed by atoms with van der Waals surface area (Å²) in [6.07, 6.45) is -4.07. The second kappa shape index (κ2) is 7.18. The van der Waals surface area contributed by atoms with Crippen LogP contribution in [0.2, 0.25) is 0 Å². The van der Waals surface area contributed by atoms with Crippen LogP contribution >= 0.6 is 0 Å². The van der Waals surface area contributed by atoms with Gasteiger partial charge < -0.3 is 13.9 Å². The SMILES string of the molecule is Cc1noc(C(C)[C@@H]2CCC(=O)N2c2ccc(-c3noc(C(F)(F)F)n3)c(F)c2)n1. The highest BCUT2D eigenvalue weighted by molar-refractivity contribution is 5.96. The number of alkyl halides is 3. The summed E-state index contributed by atoms with van der Waals surface area (Å²) >= 11 is 0. The number of halogens is 4. The molecule has 4 rings (SSSR count). The van der Waals surface area contributed by atoms with Crippen LogP contribution in [0.15, 0.2) is 27.2 Å². The Labute approximate surface area is 166 Å². The lowest BCUT2D eigenvalue weighted by atomic mass is 9.99. The van der Waals surface area contributed by atoms with Gasteiger partial charge in [-0.15, -0.1) is 0 Å². The topological polar surface area (TPSA) is 98.2 Å². The molecule has 3 heterocycles. The van der Waals surface area contributed by atoms with E-state index < -0.39 is 23.7 Å². The first-order chi connectivity index (χ1) is 14.1. The molecule has 8 nitrogen and oxygen atoms in total. The molecular formula is C18H15F4N5O3. The Hall–Kier alpha value is -3.31. The zero-order chi connectivity index (χ0) is 21.6. The predicted octanol–water partition coefficient (Wildman–Crippen LogP) is 3.89. The minimum Gasteiger partial charge on any atom is -0.339 e. The average Bonchev–Trinajstić information content (AvgIpc) is 3.40. The van der Waals surface area contributed by atoms with Crippen LogP contribution in [-0.4, -0.2) is 32.2 Å². The molecule has 1 aliphatic rings. The van der Waals surface area contributed by atoms with Gasteiger partial charge in [0, 0.05) is 18.2 Å². The highest BCUT2D eigenvalue weighted by Crippen LogP contribution is 2.37. The van der Waals surface area contributed by atoms with Gasteiger partial charge in [0.05, 0.1) is 11.5 Å². The Kier molecular flexibility index (Phi) is 4.79. The third kappa shape index (κ3) is 3.53. The second-order valence-corrected chi connectivity index (χ2v) is 6.92. The summed E-state index contributed by atoms with van der Waals surface area (Å²) in [6, 6.07) is 3.34. The van der Waals surface area contributed by atoms with E-state index in [9.17, 15) is 22.4 Å². The molecule has 0 radical (unpaired) electrons. The smallest absolute Gasteiger partial charge is 0.339 e. The van der Waals surface area contributed by atoms with Gasteiger partial charge in [-0.3, -0.25) is 4.79 Å². The van der Waals surface area contributed by atoms with Gasteiger partial charge in [-0.1, -0.05) is 17.2 Å². The number of rotatable bonds is 4. The first-order valence-electron chi connectivity index (χ1n) is 8.98. The fourth-order valence-electron chi connectivity index (χ4n) is 3.46. The molecule has 3 aromatic rings. The molecule has 1 saturated heterocycles. The highest BCUT2D eigenvalue weighted by Gasteiger charge is 2.40. The van der Waals surface area contributed by atoms with Crippen LogP contribution in [0.3, 0.4) is 0 Å². The van der Waals surface area contributed by atoms with Gasteiger partial charge in [-0.25, -0.2) is 4.39 Å². The quantitative estimate of drug-likeness (QED) is 0.585. The Morgan fingerprint density at radius 2 is 1.97 bits per heavy atom. The van der Waals surface area contributed by atoms with E-state index in [1.165, 1.54) is 17.0 Å². The number of benzene rings is 1. The molecule has 158 valence electrons. The summed E-state index contributed by atoms with van der Waals surface area (Å²) in [7, 11) is 0. The zero-order valence-corrected chi connectivity index (χ0v) is 15.8. The number of carbonyl (C=O) groups is 1. The Bertz CT molecular complexity index is 1090. The lowest BCUT2D eigenvalue weighted by molar-refractivity contribution is -0.159. The van der Waals surface area contributed by atoms with E-state index in [4.69, 9.17) is 4.52 Å². The molecular weight excluding hydrogens is 410 g/mol. The summed E-state index contributed by atoms with van der Waals surface area (Å²) < 4.78 is 61.9. The van der Waals surface area contributed by atoms with E-state index in [1.54, 1.807) is 6.92 Å². The predicted molar refractivity (Wildman–Crippen MR) is 92.7 cm³/mol. The van der Waals surface area contributed by atoms with Crippen molar-refractivity contribution >= 4 is 11.6 Å². The van der Waals surface area contributed by atoms with Crippen molar-refractivity contribution < 1.29 is 31.4 Å². The molecule has 1 amide bonds. The van der Waals surface area contributed by atoms with Crippen molar-refractivity contribution in [3.63, 3.8) is 0 Å². The van der Waals surface area contributed by atoms with Gasteiger partial charge in [-0.05, 0) is 31.5 Å². The molecule has 12 heteroatoms. The van der Waals surface area contributed by atoms with Gasteiger partial charge in [-0.2, -0.15) is 23.1 Å². The monoisotopic (exact) mass is 425 g/mol. The van der Waals surface area contributed by atoms with Crippen LogP contribution in [0.1, 0.15) is 43.3 Å². The van der Waals surface area contributed by atoms with Crippen LogP contribution in [0, 0.1) is 12.7 Å². The average molecular weight is 425 g/mol. The Morgan fingerprint density at radius 1 is 1.20 bits per heavy atom. The maximum atomic E-state index is 14.7. The van der Waals surface area contributed by atoms with Crippen molar-refractivity contribution in [3.8, 4) is 11.4 Å². The normalized spacial score (nSPS) is 18.3. The number of aromatic nitrogens is 4. The van der Waals surface area contributed by atoms with Gasteiger partial charge in [0.25, 0.3) is 0 Å². The molecule has 30 heavy (non-hydrogen) atoms. The van der Waals surface area contributed by atoms with E-state index in [1.807, 2.05) is 6.92 Å². The molecule has 0 bridgehead atoms. The zero-order valence-electron chi connectivity index (χ0n) is 15.8. The third-order valence-electron chi connectivity index (χ3n) is 4.90. The number of hydrogen-bond donors (Lipinski definition) is 0. The van der Waals surface area contributed by atoms with Crippen molar-refractivity contribution in [1.29, 1.82) is 0 Å². The first kappa shape index (κ1) is 20.0. The number of anilines is 1. The fraction of sp³-hybridized carbons (Fsp3) is 0.389. The summed E-state index contributed by atoms with van der Waals surface area (Å²) in [5, 5.41) is 6.94. The third-order valence-corrected chi connectivity index (χ3v) is 4.90. The van der Waals surface area contributed by atoms with Crippen molar-refractivity contribution in [2.24, 2.45) is 0 Å². The largest absolute Gasteiger partial charge is 0.471 e. The highest BCUT2D eigenvalue weighted by atomic mass is 19.4. The number of nitrogens with zero attached hydrogens (tertiary/aromatic N) is 5. The maximum absolute atomic E-state index is 14.7. The van der Waals surface area contributed by atoms with Crippen molar-refractivity contribution in [3.05, 3.63) is 41.6 Å². The molecule has 0 spiro atoms. The molecule has 2 aromatic heterocycles. The number of hydrogen-bond acceptors (Lipinski definition) is 7. The van der Waals surface area contributed by atoms with Gasteiger partial charge in [0.2, 0.25) is 17.6 Å². The molecule has 0 N–H and O–H groups in total. The first-order valence-corrected chi connectivity index (χ1v) is 8.98. The minimum absolute atomic E-state index is 0.214. The van der Waals surface area contributed by atoms with Crippen molar-refractivity contribution in [2.45, 2.75) is 44.8 Å². The standard InChI is InChI=1S/C18H15F4N5O3/c1-8(16-23-9(2)25-29-16)13-5-6-14(28)27(13)10-3-4-11(12(19)7-10)15-24-17(30-26-15)18(20,21)22/h3-4,7-8,13H,5-6H2,1-2H3/t8?,13-/m0/s1. The van der Waals surface area contributed by atoms with Gasteiger partial charge in [0.1, 0.15) is 5.82 Å². The van der Waals surface area contributed by atoms with Crippen LogP contribution in [0.4, 0.5) is 23.2 Å². The van der Waals surface area contributed by atoms with Crippen LogP contribution < -0.4 is 4.90 Å². The van der Waals surface area contributed by atoms with Crippen LogP contribution in [0.25, 0.3) is 11.4 Å². The molecule has 2 atom stereocenters. The number of amides is 1. The lowest BCUT2D eigenvalue weighted by Crippen LogP contribution is -2.36. The summed E-state index contributed by atoms with van der Waals surface area (Å²) in [4.78, 5) is 21.3. The lowest BCUT2D eigenvalue weighted by Gasteiger charge is -2.28. The van der Waals surface area contributed by atoms with E-state index in [2.05, 4.69) is 24.8 Å². The van der Waals surface area contributed by atoms with E-state index in [0.717, 1.165) is 6.07 Å². The summed E-state index contributed by atoms with van der Waals surface area (Å²) in [5.41, 5.74) is -0.0202. The summed E-state index contributed by atoms with van der Waals surface area (Å²) in [6.45, 7) is 3.50. The van der Waals surface area contributed by atoms with Crippen LogP contribution in [-0.2, 0) is 11.0 Å². The second-order valence-electron chi connectivity index (χ2n) is 6.92. The van der Waals surface area contributed by atoms with Crippen LogP contribution in [0.5, 0.6) is 0 Å². The molecule has 1 fully saturated rings. The Balaban J connectivity index is 1.64. The fourth-order valence-corrected chi connectivity index (χ4v) is 3.46. The van der Waals surface area contributed by atoms with Gasteiger partial charge >= 0.3 is 12.1 Å². The van der Waals surface area contributed by atoms with Crippen molar-refractivity contribution in [1.82, 2.24) is 20.3 Å². The Morgan fingerprint density at radius 3 is 2.57 bits per heavy atom. The van der Waals surface area contributed by atoms with E-state index >= 15 is 0 Å². The summed E-state index contributed by atoms with van der Waals surface area (Å²) in [5.74, 6) is -2.69. The number of aryl methyl sites for hydroxylation is 1. The molecule has 1 aliphatic heterocycles. The molecule has 1 unspecified atom stereocenters. The molecule has 0 saturated carbocycles. The van der Waals surface area contributed by atoms with Crippen molar-refractivity contribution in [2.75, 3.05) is 4.90 Å². The molecule has 0 aliphatic carbocycles. The molecule has 1 aromatic carbocycles. The maximum Gasteiger partial charge on any atom is 0.471 e.